The lowest BCUT2D eigenvalue weighted by Gasteiger charge is -2.31. The molecule has 59 heavy (non-hydrogen) atoms. The van der Waals surface area contributed by atoms with Crippen molar-refractivity contribution in [3.05, 3.63) is 94.3 Å². The van der Waals surface area contributed by atoms with Crippen molar-refractivity contribution in [1.82, 2.24) is 25.8 Å². The molecule has 1 aromatic heterocycles. The monoisotopic (exact) mass is 868 g/mol. The summed E-state index contributed by atoms with van der Waals surface area (Å²) in [5, 5.41) is 13.7. The number of aromatic nitrogens is 1. The molecule has 1 fully saturated rings. The van der Waals surface area contributed by atoms with E-state index in [9.17, 15) is 50.8 Å². The summed E-state index contributed by atoms with van der Waals surface area (Å²) >= 11 is 5.90. The summed E-state index contributed by atoms with van der Waals surface area (Å²) in [6.45, 7) is -0.447. The molecule has 3 N–H and O–H groups in total. The molecule has 2 aromatic carbocycles. The maximum absolute atomic E-state index is 15.0. The first-order chi connectivity index (χ1) is 27.6. The average Bonchev–Trinajstić information content (AvgIpc) is 3.65. The number of nitrogens with one attached hydrogen (secondary N) is 3. The first-order valence-corrected chi connectivity index (χ1v) is 19.8. The third kappa shape index (κ3) is 11.9. The van der Waals surface area contributed by atoms with Gasteiger partial charge in [0.2, 0.25) is 17.6 Å². The van der Waals surface area contributed by atoms with Crippen LogP contribution in [0.15, 0.2) is 66.9 Å². The van der Waals surface area contributed by atoms with Crippen LogP contribution in [0.5, 0.6) is 5.75 Å². The van der Waals surface area contributed by atoms with E-state index in [1.54, 1.807) is 0 Å². The number of halogens is 6. The van der Waals surface area contributed by atoms with E-state index >= 15 is 8.78 Å². The van der Waals surface area contributed by atoms with E-state index in [1.807, 2.05) is 6.07 Å². The highest BCUT2D eigenvalue weighted by Crippen LogP contribution is 2.29. The number of hydrogen-bond acceptors (Lipinski definition) is 10. The molecule has 2 heterocycles. The van der Waals surface area contributed by atoms with Gasteiger partial charge in [0.05, 0.1) is 40.8 Å². The highest BCUT2D eigenvalue weighted by molar-refractivity contribution is 7.91. The number of sulfone groups is 1. The van der Waals surface area contributed by atoms with Gasteiger partial charge in [0.25, 0.3) is 11.8 Å². The van der Waals surface area contributed by atoms with Gasteiger partial charge < -0.3 is 25.6 Å². The number of benzene rings is 2. The summed E-state index contributed by atoms with van der Waals surface area (Å²) in [6, 6.07) is 10.9. The van der Waals surface area contributed by atoms with E-state index < -0.39 is 106 Å². The van der Waals surface area contributed by atoms with Crippen molar-refractivity contribution in [2.75, 3.05) is 20.2 Å². The summed E-state index contributed by atoms with van der Waals surface area (Å²) in [6.07, 6.45) is -4.86. The van der Waals surface area contributed by atoms with Crippen LogP contribution in [0.1, 0.15) is 47.4 Å². The summed E-state index contributed by atoms with van der Waals surface area (Å²) in [4.78, 5) is 72.0. The van der Waals surface area contributed by atoms with Gasteiger partial charge in [-0.3, -0.25) is 24.0 Å². The molecule has 4 atom stereocenters. The Morgan fingerprint density at radius 2 is 1.68 bits per heavy atom. The standard InChI is InChI=1S/C38H38ClF5N6O8S/c1-21(2)31(32(51)38(43,44)36(55)47-20-37(40,41)42)49-34(53)30-15-27(59(56,57)19-22-7-10-26(58-3)11-8-22)18-50(30)35(54)29(14-23-5-4-6-24(13-23)16-45)48-33(52)28-12-9-25(39)17-46-28/h4-13,17,21,27,29-31H,14-15,18-20H2,1-3H3,(H,47,55)(H,48,52)(H,49,53)/t27-,29?,30?,31?/m1/s1. The predicted octanol–water partition coefficient (Wildman–Crippen LogP) is 3.56. The van der Waals surface area contributed by atoms with Crippen LogP contribution in [0.4, 0.5) is 22.0 Å². The van der Waals surface area contributed by atoms with Gasteiger partial charge in [-0.05, 0) is 59.9 Å². The zero-order chi connectivity index (χ0) is 43.9. The third-order valence-corrected chi connectivity index (χ3v) is 11.6. The average molecular weight is 869 g/mol. The Hall–Kier alpha value is -5.68. The van der Waals surface area contributed by atoms with Crippen molar-refractivity contribution in [2.45, 2.75) is 67.9 Å². The number of rotatable bonds is 16. The Morgan fingerprint density at radius 1 is 1.00 bits per heavy atom. The van der Waals surface area contributed by atoms with Crippen LogP contribution in [-0.2, 0) is 41.2 Å². The molecular weight excluding hydrogens is 831 g/mol. The van der Waals surface area contributed by atoms with E-state index in [-0.39, 0.29) is 22.7 Å². The van der Waals surface area contributed by atoms with Crippen LogP contribution in [0.25, 0.3) is 0 Å². The van der Waals surface area contributed by atoms with Crippen LogP contribution in [0, 0.1) is 17.2 Å². The molecule has 0 saturated carbocycles. The lowest BCUT2D eigenvalue weighted by atomic mass is 9.94. The van der Waals surface area contributed by atoms with Crippen molar-refractivity contribution in [2.24, 2.45) is 5.92 Å². The molecule has 0 bridgehead atoms. The number of alkyl halides is 5. The highest BCUT2D eigenvalue weighted by Gasteiger charge is 2.53. The first-order valence-electron chi connectivity index (χ1n) is 17.7. The zero-order valence-electron chi connectivity index (χ0n) is 31.6. The van der Waals surface area contributed by atoms with E-state index in [0.29, 0.717) is 16.9 Å². The second kappa shape index (κ2) is 18.9. The van der Waals surface area contributed by atoms with Gasteiger partial charge in [0.15, 0.2) is 9.84 Å². The SMILES string of the molecule is COc1ccc(CS(=O)(=O)[C@@H]2CC(C(=O)NC(C(=O)C(F)(F)C(=O)NCC(F)(F)F)C(C)C)N(C(=O)C(Cc3cccc(C#N)c3)NC(=O)c3ccc(Cl)cn3)C2)cc1. The van der Waals surface area contributed by atoms with Gasteiger partial charge in [-0.1, -0.05) is 49.7 Å². The molecule has 0 radical (unpaired) electrons. The second-order valence-corrected chi connectivity index (χ2v) is 16.6. The van der Waals surface area contributed by atoms with Gasteiger partial charge in [0, 0.05) is 19.2 Å². The fourth-order valence-corrected chi connectivity index (χ4v) is 8.02. The lowest BCUT2D eigenvalue weighted by molar-refractivity contribution is -0.165. The van der Waals surface area contributed by atoms with E-state index in [4.69, 9.17) is 16.3 Å². The van der Waals surface area contributed by atoms with Crippen molar-refractivity contribution in [1.29, 1.82) is 5.26 Å². The molecule has 0 spiro atoms. The van der Waals surface area contributed by atoms with Gasteiger partial charge in [0.1, 0.15) is 30.1 Å². The smallest absolute Gasteiger partial charge is 0.405 e. The Morgan fingerprint density at radius 3 is 2.25 bits per heavy atom. The molecule has 4 amide bonds. The summed E-state index contributed by atoms with van der Waals surface area (Å²) < 4.78 is 101. The molecule has 1 saturated heterocycles. The third-order valence-electron chi connectivity index (χ3n) is 9.23. The Balaban J connectivity index is 1.72. The molecule has 21 heteroatoms. The van der Waals surface area contributed by atoms with Crippen molar-refractivity contribution in [3.63, 3.8) is 0 Å². The zero-order valence-corrected chi connectivity index (χ0v) is 33.1. The van der Waals surface area contributed by atoms with Crippen LogP contribution in [0.3, 0.4) is 0 Å². The number of ketones is 1. The number of nitrogens with zero attached hydrogens (tertiary/aromatic N) is 3. The van der Waals surface area contributed by atoms with Crippen molar-refractivity contribution in [3.8, 4) is 11.8 Å². The number of ether oxygens (including phenoxy) is 1. The Kier molecular flexibility index (Phi) is 14.8. The van der Waals surface area contributed by atoms with E-state index in [2.05, 4.69) is 15.6 Å². The van der Waals surface area contributed by atoms with Crippen LogP contribution in [0.2, 0.25) is 5.02 Å². The summed E-state index contributed by atoms with van der Waals surface area (Å²) in [5.41, 5.74) is 0.668. The van der Waals surface area contributed by atoms with Crippen molar-refractivity contribution < 1.29 is 59.1 Å². The minimum absolute atomic E-state index is 0.188. The predicted molar refractivity (Wildman–Crippen MR) is 201 cm³/mol. The fourth-order valence-electron chi connectivity index (χ4n) is 6.15. The number of pyridine rings is 1. The normalized spacial score (nSPS) is 16.7. The summed E-state index contributed by atoms with van der Waals surface area (Å²) in [5.74, 6) is -14.5. The molecule has 14 nitrogen and oxygen atoms in total. The topological polar surface area (TPSA) is 205 Å². The number of amides is 4. The second-order valence-electron chi connectivity index (χ2n) is 13.9. The summed E-state index contributed by atoms with van der Waals surface area (Å²) in [7, 11) is -2.83. The molecule has 1 aliphatic rings. The number of hydrogen-bond donors (Lipinski definition) is 3. The number of nitriles is 1. The van der Waals surface area contributed by atoms with Crippen molar-refractivity contribution >= 4 is 50.9 Å². The van der Waals surface area contributed by atoms with Gasteiger partial charge in [-0.15, -0.1) is 0 Å². The largest absolute Gasteiger partial charge is 0.497 e. The number of carbonyl (C=O) groups is 5. The molecule has 4 rings (SSSR count). The van der Waals surface area contributed by atoms with Crippen LogP contribution < -0.4 is 20.7 Å². The van der Waals surface area contributed by atoms with E-state index in [0.717, 1.165) is 10.2 Å². The van der Waals surface area contributed by atoms with Crippen LogP contribution >= 0.6 is 11.6 Å². The molecule has 3 unspecified atom stereocenters. The molecule has 3 aromatic rings. The lowest BCUT2D eigenvalue weighted by Crippen LogP contribution is -2.60. The molecule has 316 valence electrons. The quantitative estimate of drug-likeness (QED) is 0.141. The van der Waals surface area contributed by atoms with E-state index in [1.165, 1.54) is 87.8 Å². The van der Waals surface area contributed by atoms with Crippen LogP contribution in [-0.4, -0.2) is 103 Å². The molecular formula is C38H38ClF5N6O8S. The minimum atomic E-state index is -5.09. The highest BCUT2D eigenvalue weighted by atomic mass is 35.5. The fraction of sp³-hybridized carbons (Fsp3) is 0.395. The molecule has 1 aliphatic heterocycles. The Bertz CT molecular complexity index is 2200. The number of methoxy groups -OCH3 is 1. The van der Waals surface area contributed by atoms with Gasteiger partial charge >= 0.3 is 12.1 Å². The number of carbonyl (C=O) groups excluding carboxylic acids is 5. The minimum Gasteiger partial charge on any atom is -0.497 e. The Labute approximate surface area is 340 Å². The maximum atomic E-state index is 15.0. The maximum Gasteiger partial charge on any atom is 0.405 e. The molecule has 0 aliphatic carbocycles. The number of likely N-dealkylation sites (tertiary alicyclic amines) is 1. The first kappa shape index (κ1) is 46.0. The van der Waals surface area contributed by atoms with Gasteiger partial charge in [-0.25, -0.2) is 13.4 Å². The number of Topliss-reactive ketones (excluding diaryl/α,β-unsaturated/α-hetero) is 1. The van der Waals surface area contributed by atoms with Gasteiger partial charge in [-0.2, -0.15) is 27.2 Å².